The fraction of sp³-hybridized carbons (Fsp3) is 0.385. The number of hydrogen-bond donors (Lipinski definition) is 4. The van der Waals surface area contributed by atoms with Crippen LogP contribution in [0.2, 0.25) is 0 Å². The lowest BCUT2D eigenvalue weighted by molar-refractivity contribution is -0.687. The monoisotopic (exact) mass is 282 g/mol. The fourth-order valence-corrected chi connectivity index (χ4v) is 1.62. The molecule has 1 rings (SSSR count). The summed E-state index contributed by atoms with van der Waals surface area (Å²) in [5.74, 6) is -1.87. The van der Waals surface area contributed by atoms with Gasteiger partial charge in [-0.1, -0.05) is 6.07 Å². The van der Waals surface area contributed by atoms with Crippen molar-refractivity contribution in [3.63, 3.8) is 0 Å². The minimum absolute atomic E-state index is 0.0000750. The number of carbonyl (C=O) groups is 2. The maximum absolute atomic E-state index is 11.7. The second kappa shape index (κ2) is 7.46. The third kappa shape index (κ3) is 5.68. The lowest BCUT2D eigenvalue weighted by atomic mass is 10.2. The molecule has 0 aromatic heterocycles. The van der Waals surface area contributed by atoms with Gasteiger partial charge in [0.25, 0.3) is 0 Å². The smallest absolute Gasteiger partial charge is 0.230 e. The number of aliphatic hydroxyl groups excluding tert-OH is 1. The molecule has 1 aromatic carbocycles. The van der Waals surface area contributed by atoms with Crippen molar-refractivity contribution in [2.24, 2.45) is 0 Å². The Balaban J connectivity index is 2.55. The largest absolute Gasteiger partial charge is 0.544 e. The van der Waals surface area contributed by atoms with Crippen molar-refractivity contribution in [3.8, 4) is 5.75 Å². The van der Waals surface area contributed by atoms with Gasteiger partial charge in [0.05, 0.1) is 18.5 Å². The number of aliphatic carboxylic acids is 1. The number of nitrogens with two attached hydrogens (primary N) is 1. The van der Waals surface area contributed by atoms with Gasteiger partial charge in [-0.3, -0.25) is 4.79 Å². The first-order valence-corrected chi connectivity index (χ1v) is 6.19. The van der Waals surface area contributed by atoms with E-state index in [0.29, 0.717) is 5.69 Å². The predicted octanol–water partition coefficient (Wildman–Crippen LogP) is -2.22. The van der Waals surface area contributed by atoms with E-state index in [4.69, 9.17) is 5.11 Å². The SMILES string of the molecule is C[C@@H](O)C[NH2+][C@@H](CC(=O)Nc1cccc(O)c1)C(=O)[O-]. The zero-order chi connectivity index (χ0) is 15.1. The molecule has 5 N–H and O–H groups in total. The Morgan fingerprint density at radius 3 is 2.70 bits per heavy atom. The van der Waals surface area contributed by atoms with E-state index in [1.165, 1.54) is 24.4 Å². The summed E-state index contributed by atoms with van der Waals surface area (Å²) in [5, 5.41) is 33.1. The van der Waals surface area contributed by atoms with Crippen LogP contribution in [0.1, 0.15) is 13.3 Å². The Morgan fingerprint density at radius 1 is 1.45 bits per heavy atom. The molecule has 20 heavy (non-hydrogen) atoms. The van der Waals surface area contributed by atoms with Crippen LogP contribution in [0.5, 0.6) is 5.75 Å². The highest BCUT2D eigenvalue weighted by Gasteiger charge is 2.19. The summed E-state index contributed by atoms with van der Waals surface area (Å²) in [4.78, 5) is 22.6. The summed E-state index contributed by atoms with van der Waals surface area (Å²) in [7, 11) is 0. The van der Waals surface area contributed by atoms with E-state index in [0.717, 1.165) is 0 Å². The van der Waals surface area contributed by atoms with Crippen LogP contribution in [0.15, 0.2) is 24.3 Å². The van der Waals surface area contributed by atoms with Gasteiger partial charge in [-0.15, -0.1) is 0 Å². The number of phenols is 1. The Hall–Kier alpha value is -2.12. The first kappa shape index (κ1) is 15.9. The maximum Gasteiger partial charge on any atom is 0.230 e. The molecule has 0 radical (unpaired) electrons. The highest BCUT2D eigenvalue weighted by molar-refractivity contribution is 5.93. The van der Waals surface area contributed by atoms with E-state index in [9.17, 15) is 19.8 Å². The molecule has 0 unspecified atom stereocenters. The molecule has 0 spiro atoms. The van der Waals surface area contributed by atoms with Crippen LogP contribution in [0.3, 0.4) is 0 Å². The number of carboxylic acids is 1. The van der Waals surface area contributed by atoms with Crippen molar-refractivity contribution in [2.75, 3.05) is 11.9 Å². The Labute approximate surface area is 116 Å². The summed E-state index contributed by atoms with van der Waals surface area (Å²) in [6.45, 7) is 1.69. The van der Waals surface area contributed by atoms with Gasteiger partial charge in [-0.25, -0.2) is 0 Å². The summed E-state index contributed by atoms with van der Waals surface area (Å²) in [6.07, 6.45) is -0.962. The van der Waals surface area contributed by atoms with Crippen molar-refractivity contribution in [1.82, 2.24) is 0 Å². The average Bonchev–Trinajstić information content (AvgIpc) is 2.33. The van der Waals surface area contributed by atoms with Crippen LogP contribution < -0.4 is 15.7 Å². The van der Waals surface area contributed by atoms with Crippen molar-refractivity contribution in [2.45, 2.75) is 25.5 Å². The Bertz CT molecular complexity index is 476. The van der Waals surface area contributed by atoms with E-state index >= 15 is 0 Å². The number of amides is 1. The van der Waals surface area contributed by atoms with Crippen LogP contribution >= 0.6 is 0 Å². The van der Waals surface area contributed by atoms with E-state index in [1.54, 1.807) is 12.1 Å². The van der Waals surface area contributed by atoms with Crippen molar-refractivity contribution < 1.29 is 30.2 Å². The third-order valence-corrected chi connectivity index (χ3v) is 2.60. The molecule has 0 aliphatic carbocycles. The molecule has 2 atom stereocenters. The molecule has 7 heteroatoms. The zero-order valence-electron chi connectivity index (χ0n) is 11.1. The molecule has 0 bridgehead atoms. The lowest BCUT2D eigenvalue weighted by Crippen LogP contribution is -2.94. The topological polar surface area (TPSA) is 126 Å². The number of anilines is 1. The van der Waals surface area contributed by atoms with Gasteiger partial charge in [0.2, 0.25) is 5.91 Å². The number of rotatable bonds is 7. The molecule has 0 aliphatic heterocycles. The number of phenolic OH excluding ortho intramolecular Hbond substituents is 1. The van der Waals surface area contributed by atoms with Gasteiger partial charge in [-0.2, -0.15) is 0 Å². The van der Waals surface area contributed by atoms with Gasteiger partial charge < -0.3 is 30.7 Å². The molecular weight excluding hydrogens is 264 g/mol. The normalized spacial score (nSPS) is 13.5. The molecule has 7 nitrogen and oxygen atoms in total. The van der Waals surface area contributed by atoms with Crippen LogP contribution in [-0.2, 0) is 9.59 Å². The Kier molecular flexibility index (Phi) is 5.95. The zero-order valence-corrected chi connectivity index (χ0v) is 11.1. The number of nitrogens with one attached hydrogen (secondary N) is 1. The molecular formula is C13H18N2O5. The minimum atomic E-state index is -1.36. The lowest BCUT2D eigenvalue weighted by Gasteiger charge is -2.17. The van der Waals surface area contributed by atoms with E-state index in [2.05, 4.69) is 5.32 Å². The van der Waals surface area contributed by atoms with Gasteiger partial charge in [-0.05, 0) is 19.1 Å². The Morgan fingerprint density at radius 2 is 2.15 bits per heavy atom. The highest BCUT2D eigenvalue weighted by atomic mass is 16.4. The van der Waals surface area contributed by atoms with E-state index < -0.39 is 24.0 Å². The number of aliphatic hydroxyl groups is 1. The number of quaternary nitrogens is 1. The minimum Gasteiger partial charge on any atom is -0.544 e. The number of aromatic hydroxyl groups is 1. The summed E-state index contributed by atoms with van der Waals surface area (Å²) >= 11 is 0. The van der Waals surface area contributed by atoms with Crippen LogP contribution in [0, 0.1) is 0 Å². The molecule has 1 amide bonds. The first-order valence-electron chi connectivity index (χ1n) is 6.19. The van der Waals surface area contributed by atoms with Crippen molar-refractivity contribution in [1.29, 1.82) is 0 Å². The first-order chi connectivity index (χ1) is 9.38. The van der Waals surface area contributed by atoms with Crippen molar-refractivity contribution in [3.05, 3.63) is 24.3 Å². The summed E-state index contributed by atoms with van der Waals surface area (Å²) in [6, 6.07) is 4.87. The number of carboxylic acid groups (broad SMARTS) is 1. The predicted molar refractivity (Wildman–Crippen MR) is 68.6 cm³/mol. The molecule has 110 valence electrons. The molecule has 0 fully saturated rings. The second-order valence-electron chi connectivity index (χ2n) is 4.55. The molecule has 0 saturated carbocycles. The van der Waals surface area contributed by atoms with E-state index in [-0.39, 0.29) is 18.7 Å². The summed E-state index contributed by atoms with van der Waals surface area (Å²) < 4.78 is 0. The van der Waals surface area contributed by atoms with Crippen LogP contribution in [0.4, 0.5) is 5.69 Å². The average molecular weight is 282 g/mol. The number of benzene rings is 1. The highest BCUT2D eigenvalue weighted by Crippen LogP contribution is 2.15. The van der Waals surface area contributed by atoms with Crippen LogP contribution in [-0.4, -0.2) is 40.8 Å². The third-order valence-electron chi connectivity index (χ3n) is 2.60. The molecule has 0 saturated heterocycles. The second-order valence-corrected chi connectivity index (χ2v) is 4.55. The number of carbonyl (C=O) groups excluding carboxylic acids is 2. The fourth-order valence-electron chi connectivity index (χ4n) is 1.62. The standard InChI is InChI=1S/C13H18N2O5/c1-8(16)7-14-11(13(19)20)6-12(18)15-9-3-2-4-10(17)5-9/h2-5,8,11,14,16-17H,6-7H2,1H3,(H,15,18)(H,19,20)/t8-,11+/m1/s1. The van der Waals surface area contributed by atoms with Gasteiger partial charge in [0, 0.05) is 11.8 Å². The van der Waals surface area contributed by atoms with Gasteiger partial charge in [0.1, 0.15) is 18.3 Å². The molecule has 1 aromatic rings. The maximum atomic E-state index is 11.7. The number of hydrogen-bond acceptors (Lipinski definition) is 5. The van der Waals surface area contributed by atoms with E-state index in [1.807, 2.05) is 0 Å². The quantitative estimate of drug-likeness (QED) is 0.451. The van der Waals surface area contributed by atoms with Gasteiger partial charge >= 0.3 is 0 Å². The molecule has 0 aliphatic rings. The summed E-state index contributed by atoms with van der Waals surface area (Å²) in [5.41, 5.74) is 0.377. The van der Waals surface area contributed by atoms with Crippen molar-refractivity contribution >= 4 is 17.6 Å². The molecule has 0 heterocycles. The van der Waals surface area contributed by atoms with Gasteiger partial charge in [0.15, 0.2) is 0 Å². The van der Waals surface area contributed by atoms with Crippen LogP contribution in [0.25, 0.3) is 0 Å².